The second-order valence-corrected chi connectivity index (χ2v) is 4.28. The van der Waals surface area contributed by atoms with Crippen molar-refractivity contribution >= 4 is 0 Å². The number of aliphatic hydroxyl groups is 1. The maximum Gasteiger partial charge on any atom is 0.140 e. The standard InChI is InChI=1S/C10H15N3O2/c14-9-3-1-2-8-11-12-10(13(8)9)7-4-5-15-6-7/h7,9,14H,1-6H2. The van der Waals surface area contributed by atoms with Crippen molar-refractivity contribution in [1.29, 1.82) is 0 Å². The maximum absolute atomic E-state index is 9.93. The quantitative estimate of drug-likeness (QED) is 0.736. The highest BCUT2D eigenvalue weighted by atomic mass is 16.5. The number of rotatable bonds is 1. The minimum Gasteiger partial charge on any atom is -0.381 e. The summed E-state index contributed by atoms with van der Waals surface area (Å²) in [7, 11) is 0. The lowest BCUT2D eigenvalue weighted by Gasteiger charge is -2.22. The first-order valence-electron chi connectivity index (χ1n) is 5.56. The van der Waals surface area contributed by atoms with E-state index in [2.05, 4.69) is 10.2 Å². The smallest absolute Gasteiger partial charge is 0.140 e. The monoisotopic (exact) mass is 209 g/mol. The molecule has 2 aliphatic heterocycles. The van der Waals surface area contributed by atoms with Gasteiger partial charge >= 0.3 is 0 Å². The molecule has 3 rings (SSSR count). The second kappa shape index (κ2) is 3.57. The van der Waals surface area contributed by atoms with E-state index in [0.29, 0.717) is 12.5 Å². The van der Waals surface area contributed by atoms with Crippen LogP contribution in [-0.4, -0.2) is 33.1 Å². The third kappa shape index (κ3) is 1.46. The molecule has 1 N–H and O–H groups in total. The Bertz CT molecular complexity index is 358. The van der Waals surface area contributed by atoms with Crippen LogP contribution in [0.25, 0.3) is 0 Å². The number of aromatic nitrogens is 3. The van der Waals surface area contributed by atoms with Crippen LogP contribution >= 0.6 is 0 Å². The lowest BCUT2D eigenvalue weighted by Crippen LogP contribution is -2.21. The molecule has 1 aromatic heterocycles. The summed E-state index contributed by atoms with van der Waals surface area (Å²) in [5.74, 6) is 2.16. The molecule has 5 heteroatoms. The van der Waals surface area contributed by atoms with Crippen molar-refractivity contribution in [2.75, 3.05) is 13.2 Å². The van der Waals surface area contributed by atoms with Crippen molar-refractivity contribution in [2.24, 2.45) is 0 Å². The van der Waals surface area contributed by atoms with Gasteiger partial charge < -0.3 is 9.84 Å². The summed E-state index contributed by atoms with van der Waals surface area (Å²) in [5.41, 5.74) is 0. The molecule has 82 valence electrons. The van der Waals surface area contributed by atoms with Gasteiger partial charge in [0.2, 0.25) is 0 Å². The maximum atomic E-state index is 9.93. The zero-order chi connectivity index (χ0) is 10.3. The molecule has 1 aromatic rings. The lowest BCUT2D eigenvalue weighted by molar-refractivity contribution is 0.0732. The van der Waals surface area contributed by atoms with Crippen LogP contribution in [0.15, 0.2) is 0 Å². The molecule has 15 heavy (non-hydrogen) atoms. The topological polar surface area (TPSA) is 60.2 Å². The number of nitrogens with zero attached hydrogens (tertiary/aromatic N) is 3. The van der Waals surface area contributed by atoms with Gasteiger partial charge in [-0.05, 0) is 19.3 Å². The Morgan fingerprint density at radius 3 is 3.07 bits per heavy atom. The molecule has 2 atom stereocenters. The summed E-state index contributed by atoms with van der Waals surface area (Å²) >= 11 is 0. The van der Waals surface area contributed by atoms with E-state index < -0.39 is 6.23 Å². The minimum atomic E-state index is -0.431. The van der Waals surface area contributed by atoms with Gasteiger partial charge in [-0.2, -0.15) is 0 Å². The predicted octanol–water partition coefficient (Wildman–Crippen LogP) is 0.609. The van der Waals surface area contributed by atoms with E-state index in [1.807, 2.05) is 4.57 Å². The van der Waals surface area contributed by atoms with E-state index in [9.17, 15) is 5.11 Å². The van der Waals surface area contributed by atoms with Crippen molar-refractivity contribution in [2.45, 2.75) is 37.8 Å². The molecule has 0 spiro atoms. The molecule has 0 aromatic carbocycles. The molecule has 0 bridgehead atoms. The number of fused-ring (bicyclic) bond motifs is 1. The average molecular weight is 209 g/mol. The Hall–Kier alpha value is -0.940. The van der Waals surface area contributed by atoms with Gasteiger partial charge in [0.1, 0.15) is 17.9 Å². The second-order valence-electron chi connectivity index (χ2n) is 4.28. The summed E-state index contributed by atoms with van der Waals surface area (Å²) in [5, 5.41) is 18.3. The minimum absolute atomic E-state index is 0.319. The van der Waals surface area contributed by atoms with E-state index >= 15 is 0 Å². The third-order valence-corrected chi connectivity index (χ3v) is 3.25. The normalized spacial score (nSPS) is 30.5. The Morgan fingerprint density at radius 2 is 2.27 bits per heavy atom. The first kappa shape index (κ1) is 9.30. The van der Waals surface area contributed by atoms with Crippen molar-refractivity contribution < 1.29 is 9.84 Å². The molecule has 5 nitrogen and oxygen atoms in total. The number of aliphatic hydroxyl groups excluding tert-OH is 1. The number of ether oxygens (including phenoxy) is 1. The van der Waals surface area contributed by atoms with Crippen molar-refractivity contribution in [3.8, 4) is 0 Å². The molecule has 3 heterocycles. The van der Waals surface area contributed by atoms with E-state index in [0.717, 1.165) is 43.9 Å². The van der Waals surface area contributed by atoms with Gasteiger partial charge in [0, 0.05) is 18.9 Å². The Labute approximate surface area is 88.1 Å². The summed E-state index contributed by atoms with van der Waals surface area (Å²) in [6.07, 6.45) is 3.30. The number of hydrogen-bond donors (Lipinski definition) is 1. The van der Waals surface area contributed by atoms with Gasteiger partial charge in [-0.25, -0.2) is 0 Å². The van der Waals surface area contributed by atoms with Gasteiger partial charge in [0.25, 0.3) is 0 Å². The molecule has 2 unspecified atom stereocenters. The molecule has 0 radical (unpaired) electrons. The summed E-state index contributed by atoms with van der Waals surface area (Å²) < 4.78 is 7.25. The van der Waals surface area contributed by atoms with Crippen LogP contribution in [0.3, 0.4) is 0 Å². The van der Waals surface area contributed by atoms with Crippen LogP contribution in [0.4, 0.5) is 0 Å². The highest BCUT2D eigenvalue weighted by Gasteiger charge is 2.29. The molecule has 1 fully saturated rings. The highest BCUT2D eigenvalue weighted by Crippen LogP contribution is 2.30. The fourth-order valence-corrected chi connectivity index (χ4v) is 2.42. The van der Waals surface area contributed by atoms with Gasteiger partial charge in [0.15, 0.2) is 0 Å². The molecule has 0 aliphatic carbocycles. The molecule has 0 saturated carbocycles. The average Bonchev–Trinajstić information content (AvgIpc) is 2.85. The predicted molar refractivity (Wildman–Crippen MR) is 52.4 cm³/mol. The van der Waals surface area contributed by atoms with Gasteiger partial charge in [-0.1, -0.05) is 0 Å². The zero-order valence-corrected chi connectivity index (χ0v) is 8.59. The Balaban J connectivity index is 1.97. The van der Waals surface area contributed by atoms with E-state index in [1.54, 1.807) is 0 Å². The Morgan fingerprint density at radius 1 is 1.33 bits per heavy atom. The van der Waals surface area contributed by atoms with E-state index in [-0.39, 0.29) is 0 Å². The van der Waals surface area contributed by atoms with E-state index in [1.165, 1.54) is 0 Å². The number of aryl methyl sites for hydroxylation is 1. The van der Waals surface area contributed by atoms with Crippen molar-refractivity contribution in [3.63, 3.8) is 0 Å². The lowest BCUT2D eigenvalue weighted by atomic mass is 10.1. The van der Waals surface area contributed by atoms with Crippen LogP contribution in [0.1, 0.15) is 43.1 Å². The highest BCUT2D eigenvalue weighted by molar-refractivity contribution is 5.06. The van der Waals surface area contributed by atoms with Crippen LogP contribution in [0.5, 0.6) is 0 Å². The zero-order valence-electron chi connectivity index (χ0n) is 8.59. The summed E-state index contributed by atoms with van der Waals surface area (Å²) in [6.45, 7) is 1.51. The first-order valence-corrected chi connectivity index (χ1v) is 5.56. The van der Waals surface area contributed by atoms with Crippen LogP contribution in [-0.2, 0) is 11.2 Å². The molecular weight excluding hydrogens is 194 g/mol. The largest absolute Gasteiger partial charge is 0.381 e. The van der Waals surface area contributed by atoms with Crippen molar-refractivity contribution in [1.82, 2.24) is 14.8 Å². The van der Waals surface area contributed by atoms with Crippen LogP contribution in [0, 0.1) is 0 Å². The fourth-order valence-electron chi connectivity index (χ4n) is 2.42. The number of hydrogen-bond acceptors (Lipinski definition) is 4. The van der Waals surface area contributed by atoms with E-state index in [4.69, 9.17) is 4.74 Å². The summed E-state index contributed by atoms with van der Waals surface area (Å²) in [6, 6.07) is 0. The van der Waals surface area contributed by atoms with Gasteiger partial charge in [0.05, 0.1) is 6.61 Å². The van der Waals surface area contributed by atoms with Gasteiger partial charge in [-0.3, -0.25) is 4.57 Å². The first-order chi connectivity index (χ1) is 7.36. The fraction of sp³-hybridized carbons (Fsp3) is 0.800. The third-order valence-electron chi connectivity index (χ3n) is 3.25. The van der Waals surface area contributed by atoms with Gasteiger partial charge in [-0.15, -0.1) is 10.2 Å². The van der Waals surface area contributed by atoms with Crippen molar-refractivity contribution in [3.05, 3.63) is 11.6 Å². The molecular formula is C10H15N3O2. The molecule has 1 saturated heterocycles. The van der Waals surface area contributed by atoms with Crippen LogP contribution < -0.4 is 0 Å². The SMILES string of the molecule is OC1CCCc2nnc(C3CCOC3)n21. The summed E-state index contributed by atoms with van der Waals surface area (Å²) in [4.78, 5) is 0. The molecule has 2 aliphatic rings. The Kier molecular flexibility index (Phi) is 2.21. The molecule has 0 amide bonds. The van der Waals surface area contributed by atoms with Crippen LogP contribution in [0.2, 0.25) is 0 Å².